The number of carbonyl (C=O) groups is 1. The summed E-state index contributed by atoms with van der Waals surface area (Å²) < 4.78 is 0. The lowest BCUT2D eigenvalue weighted by molar-refractivity contribution is 0.258. The average Bonchev–Trinajstić information content (AvgIpc) is 2.48. The maximum Gasteiger partial charge on any atom is 0.364 e. The highest BCUT2D eigenvalue weighted by molar-refractivity contribution is 6.18. The molecule has 0 aliphatic carbocycles. The molecule has 112 valence electrons. The number of hydrogen-bond acceptors (Lipinski definition) is 3. The first-order valence-electron chi connectivity index (χ1n) is 6.59. The lowest BCUT2D eigenvalue weighted by Crippen LogP contribution is -2.14. The van der Waals surface area contributed by atoms with Crippen LogP contribution in [0.5, 0.6) is 0 Å². The number of benzene rings is 1. The predicted octanol–water partition coefficient (Wildman–Crippen LogP) is 4.25. The van der Waals surface area contributed by atoms with Crippen molar-refractivity contribution >= 4 is 23.3 Å². The van der Waals surface area contributed by atoms with Crippen molar-refractivity contribution in [2.45, 2.75) is 19.8 Å². The van der Waals surface area contributed by atoms with Crippen molar-refractivity contribution in [3.63, 3.8) is 0 Å². The number of urea groups is 1. The van der Waals surface area contributed by atoms with E-state index >= 15 is 0 Å². The summed E-state index contributed by atoms with van der Waals surface area (Å²) in [6, 6.07) is 7.04. The lowest BCUT2D eigenvalue weighted by atomic mass is 10.0. The van der Waals surface area contributed by atoms with E-state index in [9.17, 15) is 4.79 Å². The van der Waals surface area contributed by atoms with E-state index in [0.717, 1.165) is 0 Å². The third-order valence-corrected chi connectivity index (χ3v) is 2.81. The van der Waals surface area contributed by atoms with Crippen molar-refractivity contribution in [2.75, 3.05) is 17.7 Å². The molecule has 0 bridgehead atoms. The summed E-state index contributed by atoms with van der Waals surface area (Å²) in [7, 11) is 0. The maximum atomic E-state index is 11.6. The number of azo groups is 1. The van der Waals surface area contributed by atoms with Crippen LogP contribution in [-0.2, 0) is 0 Å². The Balaban J connectivity index is 2.58. The van der Waals surface area contributed by atoms with Gasteiger partial charge in [-0.1, -0.05) is 43.4 Å². The van der Waals surface area contributed by atoms with E-state index in [1.807, 2.05) is 24.3 Å². The van der Waals surface area contributed by atoms with Gasteiger partial charge in [-0.25, -0.2) is 4.79 Å². The zero-order valence-electron chi connectivity index (χ0n) is 12.2. The molecule has 0 spiro atoms. The first-order chi connectivity index (χ1) is 10.1. The monoisotopic (exact) mass is 306 g/mol. The molecule has 0 aliphatic rings. The maximum absolute atomic E-state index is 11.6. The van der Waals surface area contributed by atoms with E-state index in [2.05, 4.69) is 47.0 Å². The lowest BCUT2D eigenvalue weighted by Gasteiger charge is -2.06. The van der Waals surface area contributed by atoms with Gasteiger partial charge in [0, 0.05) is 18.1 Å². The van der Waals surface area contributed by atoms with Gasteiger partial charge in [-0.05, 0) is 23.6 Å². The van der Waals surface area contributed by atoms with Gasteiger partial charge in [0.05, 0.1) is 0 Å². The van der Waals surface area contributed by atoms with Gasteiger partial charge in [0.25, 0.3) is 0 Å². The van der Waals surface area contributed by atoms with Crippen LogP contribution in [0.15, 0.2) is 52.6 Å². The van der Waals surface area contributed by atoms with Gasteiger partial charge in [0.1, 0.15) is 0 Å². The number of halogens is 1. The third kappa shape index (κ3) is 6.25. The molecule has 0 aliphatic heterocycles. The Kier molecular flexibility index (Phi) is 7.23. The van der Waals surface area contributed by atoms with Gasteiger partial charge < -0.3 is 10.6 Å². The smallest absolute Gasteiger partial charge is 0.361 e. The highest BCUT2D eigenvalue weighted by atomic mass is 35.5. The quantitative estimate of drug-likeness (QED) is 0.469. The van der Waals surface area contributed by atoms with E-state index in [4.69, 9.17) is 11.6 Å². The van der Waals surface area contributed by atoms with Crippen LogP contribution in [0.1, 0.15) is 25.3 Å². The summed E-state index contributed by atoms with van der Waals surface area (Å²) in [5, 5.41) is 12.7. The Hall–Kier alpha value is -2.10. The number of hydrogen-bond donors (Lipinski definition) is 2. The zero-order valence-corrected chi connectivity index (χ0v) is 12.9. The largest absolute Gasteiger partial charge is 0.364 e. The molecule has 6 heteroatoms. The van der Waals surface area contributed by atoms with E-state index in [1.165, 1.54) is 5.56 Å². The SMILES string of the molecule is C=C=C(N=NC(=O)Nc1ccc(C(C)C)cc1)NCCCl. The Morgan fingerprint density at radius 3 is 2.52 bits per heavy atom. The second-order valence-corrected chi connectivity index (χ2v) is 4.93. The fourth-order valence-electron chi connectivity index (χ4n) is 1.49. The Labute approximate surface area is 129 Å². The summed E-state index contributed by atoms with van der Waals surface area (Å²) in [5.41, 5.74) is 4.41. The second kappa shape index (κ2) is 8.95. The van der Waals surface area contributed by atoms with Crippen LogP contribution in [0.2, 0.25) is 0 Å². The Morgan fingerprint density at radius 2 is 2.00 bits per heavy atom. The van der Waals surface area contributed by atoms with Crippen LogP contribution in [0, 0.1) is 0 Å². The zero-order chi connectivity index (χ0) is 15.7. The molecule has 0 heterocycles. The summed E-state index contributed by atoms with van der Waals surface area (Å²) >= 11 is 5.53. The van der Waals surface area contributed by atoms with Crippen molar-refractivity contribution in [2.24, 2.45) is 10.2 Å². The van der Waals surface area contributed by atoms with Crippen LogP contribution in [0.4, 0.5) is 10.5 Å². The molecule has 2 N–H and O–H groups in total. The van der Waals surface area contributed by atoms with Crippen molar-refractivity contribution in [3.05, 3.63) is 48.0 Å². The van der Waals surface area contributed by atoms with E-state index in [-0.39, 0.29) is 5.82 Å². The molecule has 0 unspecified atom stereocenters. The van der Waals surface area contributed by atoms with Gasteiger partial charge in [0.15, 0.2) is 5.82 Å². The van der Waals surface area contributed by atoms with Gasteiger partial charge in [-0.3, -0.25) is 0 Å². The number of rotatable bonds is 6. The average molecular weight is 307 g/mol. The Bertz CT molecular complexity index is 545. The molecule has 1 rings (SSSR count). The summed E-state index contributed by atoms with van der Waals surface area (Å²) in [4.78, 5) is 11.6. The number of carbonyl (C=O) groups excluding carboxylic acids is 1. The number of nitrogens with zero attached hydrogens (tertiary/aromatic N) is 2. The topological polar surface area (TPSA) is 65.8 Å². The molecule has 2 amide bonds. The molecule has 0 fully saturated rings. The van der Waals surface area contributed by atoms with E-state index < -0.39 is 6.03 Å². The molecule has 0 aromatic heterocycles. The van der Waals surface area contributed by atoms with Gasteiger partial charge >= 0.3 is 6.03 Å². The van der Waals surface area contributed by atoms with Crippen LogP contribution in [-0.4, -0.2) is 18.5 Å². The first-order valence-corrected chi connectivity index (χ1v) is 7.12. The molecule has 1 aromatic carbocycles. The molecule has 0 saturated heterocycles. The van der Waals surface area contributed by atoms with Crippen LogP contribution in [0.25, 0.3) is 0 Å². The molecule has 1 aromatic rings. The van der Waals surface area contributed by atoms with Crippen molar-refractivity contribution < 1.29 is 4.79 Å². The van der Waals surface area contributed by atoms with Crippen molar-refractivity contribution in [1.29, 1.82) is 0 Å². The number of alkyl halides is 1. The second-order valence-electron chi connectivity index (χ2n) is 4.55. The minimum atomic E-state index is -0.562. The first kappa shape index (κ1) is 17.0. The normalized spacial score (nSPS) is 10.5. The van der Waals surface area contributed by atoms with Crippen molar-refractivity contribution in [1.82, 2.24) is 5.32 Å². The highest BCUT2D eigenvalue weighted by Crippen LogP contribution is 2.17. The summed E-state index contributed by atoms with van der Waals surface area (Å²) in [5.74, 6) is 1.14. The molecule has 5 nitrogen and oxygen atoms in total. The number of nitrogens with one attached hydrogen (secondary N) is 2. The number of anilines is 1. The van der Waals surface area contributed by atoms with Gasteiger partial charge in [0.2, 0.25) is 0 Å². The molecule has 21 heavy (non-hydrogen) atoms. The minimum absolute atomic E-state index is 0.279. The fraction of sp³-hybridized carbons (Fsp3) is 0.333. The minimum Gasteiger partial charge on any atom is -0.361 e. The van der Waals surface area contributed by atoms with Crippen LogP contribution < -0.4 is 10.6 Å². The molecular formula is C15H19ClN4O. The predicted molar refractivity (Wildman–Crippen MR) is 85.8 cm³/mol. The third-order valence-electron chi connectivity index (χ3n) is 2.62. The van der Waals surface area contributed by atoms with Crippen LogP contribution in [0.3, 0.4) is 0 Å². The van der Waals surface area contributed by atoms with Crippen molar-refractivity contribution in [3.8, 4) is 0 Å². The van der Waals surface area contributed by atoms with E-state index in [1.54, 1.807) is 0 Å². The molecule has 0 saturated carbocycles. The van der Waals surface area contributed by atoms with Crippen LogP contribution >= 0.6 is 11.6 Å². The Morgan fingerprint density at radius 1 is 1.33 bits per heavy atom. The number of amides is 2. The molecular weight excluding hydrogens is 288 g/mol. The van der Waals surface area contributed by atoms with Gasteiger partial charge in [-0.15, -0.1) is 16.7 Å². The standard InChI is InChI=1S/C15H19ClN4O/c1-4-14(17-10-9-16)19-20-15(21)18-13-7-5-12(6-8-13)11(2)3/h5-8,11,17H,1,9-10H2,2-3H3,(H,18,21). The molecule has 0 atom stereocenters. The summed E-state index contributed by atoms with van der Waals surface area (Å²) in [6.07, 6.45) is 0. The fourth-order valence-corrected chi connectivity index (χ4v) is 1.59. The van der Waals surface area contributed by atoms with E-state index in [0.29, 0.717) is 24.0 Å². The highest BCUT2D eigenvalue weighted by Gasteiger charge is 2.02. The summed E-state index contributed by atoms with van der Waals surface area (Å²) in [6.45, 7) is 8.17. The molecule has 0 radical (unpaired) electrons. The van der Waals surface area contributed by atoms with Gasteiger partial charge in [-0.2, -0.15) is 0 Å².